The van der Waals surface area contributed by atoms with Gasteiger partial charge in [0.05, 0.1) is 0 Å². The number of nitrogens with two attached hydrogens (primary N) is 1. The summed E-state index contributed by atoms with van der Waals surface area (Å²) in [4.78, 5) is 17.6. The lowest BCUT2D eigenvalue weighted by molar-refractivity contribution is 0.317. The fourth-order valence-electron chi connectivity index (χ4n) is 1.38. The second-order valence-electron chi connectivity index (χ2n) is 3.60. The van der Waals surface area contributed by atoms with Crippen molar-refractivity contribution in [3.05, 3.63) is 22.7 Å². The van der Waals surface area contributed by atoms with Crippen LogP contribution in [-0.2, 0) is 6.54 Å². The van der Waals surface area contributed by atoms with Gasteiger partial charge in [0.1, 0.15) is 5.84 Å². The van der Waals surface area contributed by atoms with Gasteiger partial charge in [0, 0.05) is 39.0 Å². The smallest absolute Gasteiger partial charge is 0.293 e. The molecule has 0 radical (unpaired) electrons. The Kier molecular flexibility index (Phi) is 4.50. The van der Waals surface area contributed by atoms with E-state index in [2.05, 4.69) is 10.1 Å². The third-order valence-corrected chi connectivity index (χ3v) is 2.43. The average molecular weight is 239 g/mol. The van der Waals surface area contributed by atoms with Gasteiger partial charge >= 0.3 is 0 Å². The SMILES string of the molecule is CCn1ccnc(N(C)CCC(N)=NO)c1=O. The molecule has 1 aromatic heterocycles. The van der Waals surface area contributed by atoms with E-state index in [4.69, 9.17) is 10.9 Å². The standard InChI is InChI=1S/C10H17N5O2/c1-3-15-7-5-12-9(10(15)16)14(2)6-4-8(11)13-17/h5,7,17H,3-4,6H2,1-2H3,(H2,11,13). The molecule has 0 bridgehead atoms. The second kappa shape index (κ2) is 5.88. The molecule has 0 unspecified atom stereocenters. The Balaban J connectivity index is 2.82. The number of oxime groups is 1. The molecule has 0 saturated heterocycles. The molecule has 1 rings (SSSR count). The maximum Gasteiger partial charge on any atom is 0.293 e. The molecule has 0 aliphatic carbocycles. The predicted molar refractivity (Wildman–Crippen MR) is 65.5 cm³/mol. The average Bonchev–Trinajstić information content (AvgIpc) is 2.35. The summed E-state index contributed by atoms with van der Waals surface area (Å²) in [7, 11) is 1.74. The van der Waals surface area contributed by atoms with E-state index in [1.807, 2.05) is 6.92 Å². The highest BCUT2D eigenvalue weighted by Gasteiger charge is 2.09. The maximum absolute atomic E-state index is 11.9. The summed E-state index contributed by atoms with van der Waals surface area (Å²) in [6.45, 7) is 2.95. The van der Waals surface area contributed by atoms with E-state index >= 15 is 0 Å². The zero-order chi connectivity index (χ0) is 12.8. The molecule has 0 aliphatic heterocycles. The number of aryl methyl sites for hydroxylation is 1. The Bertz CT molecular complexity index is 454. The first kappa shape index (κ1) is 13.0. The highest BCUT2D eigenvalue weighted by atomic mass is 16.4. The summed E-state index contributed by atoms with van der Waals surface area (Å²) < 4.78 is 1.57. The van der Waals surface area contributed by atoms with Crippen molar-refractivity contribution in [3.8, 4) is 0 Å². The lowest BCUT2D eigenvalue weighted by atomic mass is 10.3. The number of hydrogen-bond acceptors (Lipinski definition) is 5. The molecule has 0 fully saturated rings. The maximum atomic E-state index is 11.9. The van der Waals surface area contributed by atoms with Crippen molar-refractivity contribution in [2.75, 3.05) is 18.5 Å². The molecule has 0 saturated carbocycles. The molecule has 0 amide bonds. The number of hydrogen-bond donors (Lipinski definition) is 2. The summed E-state index contributed by atoms with van der Waals surface area (Å²) in [6, 6.07) is 0. The van der Waals surface area contributed by atoms with Crippen molar-refractivity contribution in [2.24, 2.45) is 10.9 Å². The van der Waals surface area contributed by atoms with E-state index in [0.717, 1.165) is 0 Å². The molecule has 7 heteroatoms. The van der Waals surface area contributed by atoms with Crippen LogP contribution in [0.15, 0.2) is 22.3 Å². The van der Waals surface area contributed by atoms with Gasteiger partial charge in [0.25, 0.3) is 5.56 Å². The third kappa shape index (κ3) is 3.20. The number of rotatable bonds is 5. The number of amidine groups is 1. The van der Waals surface area contributed by atoms with Crippen LogP contribution in [0, 0.1) is 0 Å². The van der Waals surface area contributed by atoms with Gasteiger partial charge in [-0.2, -0.15) is 0 Å². The first-order chi connectivity index (χ1) is 8.10. The van der Waals surface area contributed by atoms with Gasteiger partial charge in [-0.15, -0.1) is 0 Å². The Morgan fingerprint density at radius 2 is 2.41 bits per heavy atom. The summed E-state index contributed by atoms with van der Waals surface area (Å²) in [5.74, 6) is 0.490. The Morgan fingerprint density at radius 1 is 1.71 bits per heavy atom. The van der Waals surface area contributed by atoms with Gasteiger partial charge in [-0.3, -0.25) is 4.79 Å². The number of aromatic nitrogens is 2. The molecule has 0 atom stereocenters. The van der Waals surface area contributed by atoms with Crippen LogP contribution < -0.4 is 16.2 Å². The van der Waals surface area contributed by atoms with Crippen LogP contribution in [0.5, 0.6) is 0 Å². The van der Waals surface area contributed by atoms with Crippen LogP contribution in [0.1, 0.15) is 13.3 Å². The minimum absolute atomic E-state index is 0.128. The van der Waals surface area contributed by atoms with E-state index in [1.165, 1.54) is 0 Å². The molecular formula is C10H17N5O2. The fourth-order valence-corrected chi connectivity index (χ4v) is 1.38. The van der Waals surface area contributed by atoms with E-state index in [-0.39, 0.29) is 11.4 Å². The van der Waals surface area contributed by atoms with Gasteiger partial charge in [-0.1, -0.05) is 5.16 Å². The van der Waals surface area contributed by atoms with Crippen molar-refractivity contribution < 1.29 is 5.21 Å². The molecule has 7 nitrogen and oxygen atoms in total. The first-order valence-corrected chi connectivity index (χ1v) is 5.33. The monoisotopic (exact) mass is 239 g/mol. The minimum atomic E-state index is -0.142. The lowest BCUT2D eigenvalue weighted by Crippen LogP contribution is -2.32. The van der Waals surface area contributed by atoms with Crippen LogP contribution in [0.4, 0.5) is 5.82 Å². The second-order valence-corrected chi connectivity index (χ2v) is 3.60. The van der Waals surface area contributed by atoms with E-state index in [1.54, 1.807) is 28.9 Å². The molecule has 0 spiro atoms. The molecule has 17 heavy (non-hydrogen) atoms. The Labute approximate surface area is 99.2 Å². The molecule has 94 valence electrons. The summed E-state index contributed by atoms with van der Waals surface area (Å²) >= 11 is 0. The van der Waals surface area contributed by atoms with Crippen LogP contribution in [0.2, 0.25) is 0 Å². The Morgan fingerprint density at radius 3 is 3.00 bits per heavy atom. The number of anilines is 1. The summed E-state index contributed by atoms with van der Waals surface area (Å²) in [5, 5.41) is 11.3. The van der Waals surface area contributed by atoms with Gasteiger partial charge in [-0.05, 0) is 6.92 Å². The minimum Gasteiger partial charge on any atom is -0.409 e. The highest BCUT2D eigenvalue weighted by molar-refractivity contribution is 5.80. The van der Waals surface area contributed by atoms with E-state index in [0.29, 0.717) is 25.3 Å². The van der Waals surface area contributed by atoms with E-state index < -0.39 is 0 Å². The highest BCUT2D eigenvalue weighted by Crippen LogP contribution is 2.01. The topological polar surface area (TPSA) is 96.7 Å². The van der Waals surface area contributed by atoms with Crippen molar-refractivity contribution in [2.45, 2.75) is 19.9 Å². The number of nitrogens with zero attached hydrogens (tertiary/aromatic N) is 4. The van der Waals surface area contributed by atoms with Crippen molar-refractivity contribution in [1.29, 1.82) is 0 Å². The van der Waals surface area contributed by atoms with Crippen molar-refractivity contribution in [1.82, 2.24) is 9.55 Å². The first-order valence-electron chi connectivity index (χ1n) is 5.33. The molecule has 1 heterocycles. The van der Waals surface area contributed by atoms with Crippen LogP contribution in [0.25, 0.3) is 0 Å². The Hall–Kier alpha value is -2.05. The van der Waals surface area contributed by atoms with Gasteiger partial charge in [0.2, 0.25) is 0 Å². The van der Waals surface area contributed by atoms with Crippen molar-refractivity contribution in [3.63, 3.8) is 0 Å². The summed E-state index contributed by atoms with van der Waals surface area (Å²) in [6.07, 6.45) is 3.60. The quantitative estimate of drug-likeness (QED) is 0.322. The molecule has 0 aromatic carbocycles. The molecule has 1 aromatic rings. The van der Waals surface area contributed by atoms with Gasteiger partial charge in [-0.25, -0.2) is 4.98 Å². The molecule has 3 N–H and O–H groups in total. The molecular weight excluding hydrogens is 222 g/mol. The van der Waals surface area contributed by atoms with Crippen LogP contribution in [-0.4, -0.2) is 34.2 Å². The van der Waals surface area contributed by atoms with Gasteiger partial charge in [0.15, 0.2) is 5.82 Å². The lowest BCUT2D eigenvalue weighted by Gasteiger charge is -2.17. The normalized spacial score (nSPS) is 11.5. The zero-order valence-electron chi connectivity index (χ0n) is 10.00. The largest absolute Gasteiger partial charge is 0.409 e. The van der Waals surface area contributed by atoms with Crippen molar-refractivity contribution >= 4 is 11.7 Å². The third-order valence-electron chi connectivity index (χ3n) is 2.43. The summed E-state index contributed by atoms with van der Waals surface area (Å²) in [5.41, 5.74) is 5.22. The van der Waals surface area contributed by atoms with Gasteiger partial charge < -0.3 is 20.4 Å². The van der Waals surface area contributed by atoms with Crippen LogP contribution >= 0.6 is 0 Å². The zero-order valence-corrected chi connectivity index (χ0v) is 10.00. The fraction of sp³-hybridized carbons (Fsp3) is 0.500. The molecule has 0 aliphatic rings. The predicted octanol–water partition coefficient (Wildman–Crippen LogP) is -0.164. The van der Waals surface area contributed by atoms with E-state index in [9.17, 15) is 4.79 Å². The van der Waals surface area contributed by atoms with Crippen LogP contribution in [0.3, 0.4) is 0 Å².